The molecular weight excluding hydrogens is 523 g/mol. The van der Waals surface area contributed by atoms with E-state index in [1.165, 1.54) is 14.2 Å². The third-order valence-electron chi connectivity index (χ3n) is 3.14. The normalized spacial score (nSPS) is 10.3. The summed E-state index contributed by atoms with van der Waals surface area (Å²) in [4.78, 5) is 24.1. The molecule has 1 atom stereocenters. The van der Waals surface area contributed by atoms with Crippen molar-refractivity contribution in [3.05, 3.63) is 44.8 Å². The summed E-state index contributed by atoms with van der Waals surface area (Å²) in [5.41, 5.74) is 2.06. The topological polar surface area (TPSA) is 58.9 Å². The Morgan fingerprint density at radius 2 is 1.66 bits per heavy atom. The lowest BCUT2D eigenvalue weighted by atomic mass is 10.0. The Hall–Kier alpha value is -1.30. The van der Waals surface area contributed by atoms with Gasteiger partial charge in [-0.3, -0.25) is 9.59 Å². The molecule has 164 valence electrons. The van der Waals surface area contributed by atoms with E-state index in [0.717, 1.165) is 11.1 Å². The van der Waals surface area contributed by atoms with Gasteiger partial charge in [-0.1, -0.05) is 0 Å². The quantitative estimate of drug-likeness (QED) is 0.218. The highest BCUT2D eigenvalue weighted by molar-refractivity contribution is 7.08. The number of halogens is 1. The molecule has 0 aliphatic rings. The number of likely N-dealkylation sites (N-methyl/N-ethyl adjacent to an activating group) is 1. The van der Waals surface area contributed by atoms with E-state index in [-0.39, 0.29) is 41.8 Å². The summed E-state index contributed by atoms with van der Waals surface area (Å²) in [6, 6.07) is 3.89. The first-order chi connectivity index (χ1) is 13.2. The largest absolute Gasteiger partial charge is 1.00 e. The van der Waals surface area contributed by atoms with Crippen LogP contribution in [0.4, 0.5) is 0 Å². The van der Waals surface area contributed by atoms with Gasteiger partial charge >= 0.3 is 11.9 Å². The Balaban J connectivity index is 0. The zero-order valence-electron chi connectivity index (χ0n) is 17.9. The zero-order valence-corrected chi connectivity index (χ0v) is 21.7. The fourth-order valence-electron chi connectivity index (χ4n) is 1.93. The lowest BCUT2D eigenvalue weighted by Gasteiger charge is -2.17. The van der Waals surface area contributed by atoms with Gasteiger partial charge in [-0.25, -0.2) is 4.58 Å². The molecule has 0 saturated heterocycles. The molecule has 2 heterocycles. The molecule has 2 aromatic heterocycles. The number of rotatable bonds is 6. The molecule has 2 aromatic rings. The van der Waals surface area contributed by atoms with E-state index in [9.17, 15) is 9.59 Å². The highest BCUT2D eigenvalue weighted by Crippen LogP contribution is 2.20. The molecule has 0 aromatic carbocycles. The van der Waals surface area contributed by atoms with Gasteiger partial charge < -0.3 is 38.4 Å². The minimum Gasteiger partial charge on any atom is -1.00 e. The average Bonchev–Trinajstić information content (AvgIpc) is 3.32. The molecule has 0 saturated carbocycles. The SMILES string of the molecule is C=[N+](C)C.COC(=O)C(CN(C)C)c1ccsc1.COC(=O)Cc1ccsc1.[I-]. The smallest absolute Gasteiger partial charge is 0.314 e. The summed E-state index contributed by atoms with van der Waals surface area (Å²) in [7, 11) is 10.5. The van der Waals surface area contributed by atoms with Crippen LogP contribution in [0.5, 0.6) is 0 Å². The predicted octanol–water partition coefficient (Wildman–Crippen LogP) is -0.00700. The van der Waals surface area contributed by atoms with E-state index in [2.05, 4.69) is 11.5 Å². The van der Waals surface area contributed by atoms with Crippen LogP contribution < -0.4 is 24.0 Å². The second kappa shape index (κ2) is 17.5. The molecule has 0 aliphatic heterocycles. The minimum atomic E-state index is -0.182. The first-order valence-corrected chi connectivity index (χ1v) is 10.4. The minimum absolute atomic E-state index is 0. The molecule has 0 radical (unpaired) electrons. The highest BCUT2D eigenvalue weighted by atomic mass is 127. The number of methoxy groups -OCH3 is 2. The van der Waals surface area contributed by atoms with Gasteiger partial charge in [0.25, 0.3) is 0 Å². The number of nitrogens with zero attached hydrogens (tertiary/aromatic N) is 2. The molecule has 0 N–H and O–H groups in total. The number of hydrogen-bond donors (Lipinski definition) is 0. The Bertz CT molecular complexity index is 685. The molecule has 0 fully saturated rings. The van der Waals surface area contributed by atoms with Crippen molar-refractivity contribution >= 4 is 41.3 Å². The number of hydrogen-bond acceptors (Lipinski definition) is 7. The molecule has 6 nitrogen and oxygen atoms in total. The lowest BCUT2D eigenvalue weighted by molar-refractivity contribution is -0.454. The van der Waals surface area contributed by atoms with E-state index >= 15 is 0 Å². The van der Waals surface area contributed by atoms with Gasteiger partial charge in [0.05, 0.1) is 26.6 Å². The number of carbonyl (C=O) groups is 2. The summed E-state index contributed by atoms with van der Waals surface area (Å²) in [5, 5.41) is 7.85. The van der Waals surface area contributed by atoms with Gasteiger partial charge in [-0.05, 0) is 58.9 Å². The number of esters is 2. The van der Waals surface area contributed by atoms with E-state index in [0.29, 0.717) is 13.0 Å². The van der Waals surface area contributed by atoms with Crippen molar-refractivity contribution in [3.8, 4) is 0 Å². The van der Waals surface area contributed by atoms with Crippen molar-refractivity contribution in [3.63, 3.8) is 0 Å². The van der Waals surface area contributed by atoms with Crippen molar-refractivity contribution in [1.29, 1.82) is 0 Å². The van der Waals surface area contributed by atoms with E-state index in [4.69, 9.17) is 4.74 Å². The third-order valence-corrected chi connectivity index (χ3v) is 4.57. The van der Waals surface area contributed by atoms with Crippen LogP contribution in [0, 0.1) is 0 Å². The van der Waals surface area contributed by atoms with Crippen LogP contribution in [0.2, 0.25) is 0 Å². The monoisotopic (exact) mass is 554 g/mol. The Kier molecular flexibility index (Phi) is 18.1. The van der Waals surface area contributed by atoms with Crippen molar-refractivity contribution < 1.29 is 47.6 Å². The summed E-state index contributed by atoms with van der Waals surface area (Å²) in [6.45, 7) is 4.16. The summed E-state index contributed by atoms with van der Waals surface area (Å²) in [5.74, 6) is -0.517. The first kappa shape index (κ1) is 29.9. The summed E-state index contributed by atoms with van der Waals surface area (Å²) < 4.78 is 11.0. The zero-order chi connectivity index (χ0) is 21.5. The standard InChI is InChI=1S/C10H15NO2S.C7H8O2S.C3H8N.HI/c1-11(2)6-9(10(12)13-3)8-4-5-14-7-8;1-9-7(8)4-6-2-3-10-5-6;1-4(2)3;/h4-5,7,9H,6H2,1-3H3;2-3,5H,4H2,1H3;1H2,2-3H3;1H/q;;+1;/p-1. The van der Waals surface area contributed by atoms with Crippen LogP contribution in [0.3, 0.4) is 0 Å². The molecule has 29 heavy (non-hydrogen) atoms. The second-order valence-electron chi connectivity index (χ2n) is 6.36. The van der Waals surface area contributed by atoms with E-state index in [1.54, 1.807) is 27.2 Å². The second-order valence-corrected chi connectivity index (χ2v) is 7.92. The van der Waals surface area contributed by atoms with Gasteiger partial charge in [-0.2, -0.15) is 22.7 Å². The molecule has 0 spiro atoms. The van der Waals surface area contributed by atoms with Crippen LogP contribution in [-0.4, -0.2) is 77.1 Å². The summed E-state index contributed by atoms with van der Waals surface area (Å²) in [6.07, 6.45) is 0.389. The van der Waals surface area contributed by atoms with Crippen LogP contribution in [0.1, 0.15) is 17.0 Å². The maximum atomic E-state index is 11.5. The maximum Gasteiger partial charge on any atom is 0.314 e. The van der Waals surface area contributed by atoms with Crippen molar-refractivity contribution in [1.82, 2.24) is 4.90 Å². The van der Waals surface area contributed by atoms with Gasteiger partial charge in [0, 0.05) is 6.54 Å². The van der Waals surface area contributed by atoms with Crippen molar-refractivity contribution in [2.45, 2.75) is 12.3 Å². The molecule has 9 heteroatoms. The van der Waals surface area contributed by atoms with Crippen molar-refractivity contribution in [2.24, 2.45) is 0 Å². The fourth-order valence-corrected chi connectivity index (χ4v) is 3.31. The van der Waals surface area contributed by atoms with Gasteiger partial charge in [0.15, 0.2) is 0 Å². The van der Waals surface area contributed by atoms with Crippen LogP contribution in [0.25, 0.3) is 0 Å². The molecular formula is C20H31IN2O4S2. The van der Waals surface area contributed by atoms with E-state index < -0.39 is 0 Å². The predicted molar refractivity (Wildman–Crippen MR) is 117 cm³/mol. The third kappa shape index (κ3) is 15.2. The number of carbonyl (C=O) groups excluding carboxylic acids is 2. The van der Waals surface area contributed by atoms with Gasteiger partial charge in [0.2, 0.25) is 0 Å². The van der Waals surface area contributed by atoms with Crippen LogP contribution in [0.15, 0.2) is 33.7 Å². The number of ether oxygens (including phenoxy) is 2. The first-order valence-electron chi connectivity index (χ1n) is 8.51. The highest BCUT2D eigenvalue weighted by Gasteiger charge is 2.22. The van der Waals surface area contributed by atoms with Crippen LogP contribution in [-0.2, 0) is 25.5 Å². The average molecular weight is 555 g/mol. The molecule has 0 aliphatic carbocycles. The van der Waals surface area contributed by atoms with Gasteiger partial charge in [-0.15, -0.1) is 0 Å². The van der Waals surface area contributed by atoms with Gasteiger partial charge in [0.1, 0.15) is 20.8 Å². The number of thiophene rings is 2. The van der Waals surface area contributed by atoms with Crippen LogP contribution >= 0.6 is 22.7 Å². The Morgan fingerprint density at radius 1 is 1.10 bits per heavy atom. The summed E-state index contributed by atoms with van der Waals surface area (Å²) >= 11 is 3.18. The van der Waals surface area contributed by atoms with E-state index in [1.807, 2.05) is 66.7 Å². The Labute approximate surface area is 199 Å². The fraction of sp³-hybridized carbons (Fsp3) is 0.450. The maximum absolute atomic E-state index is 11.5. The molecule has 0 bridgehead atoms. The molecule has 1 unspecified atom stereocenters. The van der Waals surface area contributed by atoms with Crippen molar-refractivity contribution in [2.75, 3.05) is 49.0 Å². The Morgan fingerprint density at radius 3 is 2.03 bits per heavy atom. The molecule has 2 rings (SSSR count). The molecule has 0 amide bonds. The lowest BCUT2D eigenvalue weighted by Crippen LogP contribution is -3.00.